The van der Waals surface area contributed by atoms with E-state index in [9.17, 15) is 4.79 Å². The smallest absolute Gasteiger partial charge is 0.337 e. The maximum absolute atomic E-state index is 11.4. The minimum absolute atomic E-state index is 0.344. The Bertz CT molecular complexity index is 731. The van der Waals surface area contributed by atoms with Gasteiger partial charge in [-0.3, -0.25) is 0 Å². The molecule has 0 bridgehead atoms. The zero-order chi connectivity index (χ0) is 17.4. The molecular formula is C19H23NO2S. The number of fused-ring (bicyclic) bond motifs is 1. The van der Waals surface area contributed by atoms with Crippen molar-refractivity contribution in [1.82, 2.24) is 0 Å². The predicted molar refractivity (Wildman–Crippen MR) is 101 cm³/mol. The Hall–Kier alpha value is -2.07. The lowest BCUT2D eigenvalue weighted by molar-refractivity contribution is 0.0601. The number of benzene rings is 2. The lowest BCUT2D eigenvalue weighted by atomic mass is 10.00. The van der Waals surface area contributed by atoms with Crippen molar-refractivity contribution >= 4 is 35.1 Å². The van der Waals surface area contributed by atoms with Crippen molar-refractivity contribution in [3.63, 3.8) is 0 Å². The van der Waals surface area contributed by atoms with Crippen LogP contribution < -0.4 is 0 Å². The standard InChI is InChI=1S/C14H13NO2.C5H10S/c1-9(15)12-5-3-4-10-8-11(14(16)17-2)6-7-13(10)12;1-3-4-5(2)6/h3-8,15H,1-2H3;4,6H,3H2,1-2H3/b;5-4+. The summed E-state index contributed by atoms with van der Waals surface area (Å²) in [5.41, 5.74) is 1.93. The van der Waals surface area contributed by atoms with Crippen LogP contribution in [0.5, 0.6) is 0 Å². The molecule has 0 aliphatic heterocycles. The average Bonchev–Trinajstić information content (AvgIpc) is 2.53. The van der Waals surface area contributed by atoms with Gasteiger partial charge in [-0.15, -0.1) is 12.6 Å². The highest BCUT2D eigenvalue weighted by Gasteiger charge is 2.08. The third kappa shape index (κ3) is 5.57. The van der Waals surface area contributed by atoms with Gasteiger partial charge in [-0.1, -0.05) is 37.3 Å². The van der Waals surface area contributed by atoms with E-state index in [0.29, 0.717) is 11.3 Å². The fraction of sp³-hybridized carbons (Fsp3) is 0.263. The Morgan fingerprint density at radius 1 is 1.26 bits per heavy atom. The van der Waals surface area contributed by atoms with E-state index < -0.39 is 0 Å². The van der Waals surface area contributed by atoms with Crippen LogP contribution in [-0.4, -0.2) is 18.8 Å². The lowest BCUT2D eigenvalue weighted by Gasteiger charge is -2.06. The molecular weight excluding hydrogens is 306 g/mol. The van der Waals surface area contributed by atoms with Gasteiger partial charge in [0.15, 0.2) is 0 Å². The number of hydrogen-bond donors (Lipinski definition) is 2. The van der Waals surface area contributed by atoms with Gasteiger partial charge in [0.05, 0.1) is 12.7 Å². The molecule has 0 heterocycles. The Morgan fingerprint density at radius 2 is 1.96 bits per heavy atom. The number of carbonyl (C=O) groups is 1. The van der Waals surface area contributed by atoms with Gasteiger partial charge >= 0.3 is 5.97 Å². The number of esters is 1. The van der Waals surface area contributed by atoms with Crippen LogP contribution in [0.25, 0.3) is 10.8 Å². The van der Waals surface area contributed by atoms with E-state index in [0.717, 1.165) is 27.7 Å². The van der Waals surface area contributed by atoms with Crippen molar-refractivity contribution in [1.29, 1.82) is 5.41 Å². The van der Waals surface area contributed by atoms with Crippen LogP contribution in [0.2, 0.25) is 0 Å². The van der Waals surface area contributed by atoms with Crippen molar-refractivity contribution in [3.8, 4) is 0 Å². The van der Waals surface area contributed by atoms with E-state index in [-0.39, 0.29) is 5.97 Å². The molecule has 0 spiro atoms. The van der Waals surface area contributed by atoms with Gasteiger partial charge in [-0.25, -0.2) is 4.79 Å². The fourth-order valence-electron chi connectivity index (χ4n) is 2.15. The number of methoxy groups -OCH3 is 1. The molecule has 122 valence electrons. The molecule has 0 aliphatic carbocycles. The van der Waals surface area contributed by atoms with Gasteiger partial charge in [-0.2, -0.15) is 0 Å². The van der Waals surface area contributed by atoms with E-state index in [2.05, 4.69) is 30.4 Å². The maximum Gasteiger partial charge on any atom is 0.337 e. The summed E-state index contributed by atoms with van der Waals surface area (Å²) in [6, 6.07) is 11.1. The van der Waals surface area contributed by atoms with Gasteiger partial charge in [0.1, 0.15) is 0 Å². The molecule has 3 nitrogen and oxygen atoms in total. The molecule has 4 heteroatoms. The first-order chi connectivity index (χ1) is 10.9. The summed E-state index contributed by atoms with van der Waals surface area (Å²) in [7, 11) is 1.37. The van der Waals surface area contributed by atoms with E-state index >= 15 is 0 Å². The molecule has 0 radical (unpaired) electrons. The molecule has 2 aromatic carbocycles. The number of thiol groups is 1. The summed E-state index contributed by atoms with van der Waals surface area (Å²) in [6.45, 7) is 5.83. The number of rotatable bonds is 3. The molecule has 1 N–H and O–H groups in total. The number of hydrogen-bond acceptors (Lipinski definition) is 4. The Balaban J connectivity index is 0.000000379. The largest absolute Gasteiger partial charge is 0.465 e. The topological polar surface area (TPSA) is 50.2 Å². The minimum atomic E-state index is -0.344. The molecule has 0 fully saturated rings. The van der Waals surface area contributed by atoms with E-state index in [1.54, 1.807) is 19.1 Å². The first-order valence-corrected chi connectivity index (χ1v) is 7.87. The van der Waals surface area contributed by atoms with Crippen LogP contribution in [0.4, 0.5) is 0 Å². The third-order valence-electron chi connectivity index (χ3n) is 3.21. The van der Waals surface area contributed by atoms with Crippen LogP contribution in [0.15, 0.2) is 47.4 Å². The molecule has 0 saturated carbocycles. The second-order valence-electron chi connectivity index (χ2n) is 5.11. The van der Waals surface area contributed by atoms with Crippen molar-refractivity contribution in [2.75, 3.05) is 7.11 Å². The first kappa shape index (κ1) is 19.0. The quantitative estimate of drug-likeness (QED) is 0.459. The van der Waals surface area contributed by atoms with E-state index in [1.807, 2.05) is 31.2 Å². The molecule has 2 aromatic rings. The van der Waals surface area contributed by atoms with Gasteiger partial charge < -0.3 is 10.1 Å². The van der Waals surface area contributed by atoms with Crippen LogP contribution >= 0.6 is 12.6 Å². The first-order valence-electron chi connectivity index (χ1n) is 7.43. The fourth-order valence-corrected chi connectivity index (χ4v) is 2.33. The highest BCUT2D eigenvalue weighted by atomic mass is 32.1. The summed E-state index contributed by atoms with van der Waals surface area (Å²) >= 11 is 4.04. The minimum Gasteiger partial charge on any atom is -0.465 e. The molecule has 0 saturated heterocycles. The van der Waals surface area contributed by atoms with Gasteiger partial charge in [0.2, 0.25) is 0 Å². The zero-order valence-corrected chi connectivity index (χ0v) is 14.9. The van der Waals surface area contributed by atoms with Gasteiger partial charge in [0.25, 0.3) is 0 Å². The summed E-state index contributed by atoms with van der Waals surface area (Å²) in [5.74, 6) is -0.344. The third-order valence-corrected chi connectivity index (χ3v) is 3.39. The molecule has 2 rings (SSSR count). The summed E-state index contributed by atoms with van der Waals surface area (Å²) < 4.78 is 4.68. The molecule has 0 aromatic heterocycles. The Labute approximate surface area is 143 Å². The monoisotopic (exact) mass is 329 g/mol. The second-order valence-corrected chi connectivity index (χ2v) is 5.82. The van der Waals surface area contributed by atoms with Crippen molar-refractivity contribution < 1.29 is 9.53 Å². The number of ether oxygens (including phenoxy) is 1. The number of carbonyl (C=O) groups excluding carboxylic acids is 1. The summed E-state index contributed by atoms with van der Waals surface area (Å²) in [6.07, 6.45) is 3.17. The van der Waals surface area contributed by atoms with Gasteiger partial charge in [0, 0.05) is 11.3 Å². The Morgan fingerprint density at radius 3 is 2.43 bits per heavy atom. The highest BCUT2D eigenvalue weighted by Crippen LogP contribution is 2.21. The van der Waals surface area contributed by atoms with Crippen molar-refractivity contribution in [3.05, 3.63) is 58.5 Å². The molecule has 0 unspecified atom stereocenters. The Kier molecular flexibility index (Phi) is 7.55. The predicted octanol–water partition coefficient (Wildman–Crippen LogP) is 5.24. The van der Waals surface area contributed by atoms with Crippen LogP contribution in [0.3, 0.4) is 0 Å². The van der Waals surface area contributed by atoms with E-state index in [4.69, 9.17) is 5.41 Å². The van der Waals surface area contributed by atoms with Gasteiger partial charge in [-0.05, 0) is 48.1 Å². The number of allylic oxidation sites excluding steroid dienone is 2. The molecule has 0 aliphatic rings. The van der Waals surface area contributed by atoms with Crippen molar-refractivity contribution in [2.24, 2.45) is 0 Å². The van der Waals surface area contributed by atoms with E-state index in [1.165, 1.54) is 7.11 Å². The molecule has 0 atom stereocenters. The number of nitrogens with one attached hydrogen (secondary N) is 1. The van der Waals surface area contributed by atoms with Crippen LogP contribution in [0, 0.1) is 5.41 Å². The van der Waals surface area contributed by atoms with Crippen molar-refractivity contribution in [2.45, 2.75) is 27.2 Å². The summed E-state index contributed by atoms with van der Waals surface area (Å²) in [4.78, 5) is 12.5. The molecule has 0 amide bonds. The maximum atomic E-state index is 11.4. The SMILES string of the molecule is CC/C=C(\C)S.COC(=O)c1ccc2c(C(C)=N)cccc2c1. The highest BCUT2D eigenvalue weighted by molar-refractivity contribution is 7.84. The second kappa shape index (κ2) is 9.16. The average molecular weight is 329 g/mol. The van der Waals surface area contributed by atoms with Crippen LogP contribution in [0.1, 0.15) is 43.1 Å². The molecule has 23 heavy (non-hydrogen) atoms. The normalized spacial score (nSPS) is 10.7. The summed E-state index contributed by atoms with van der Waals surface area (Å²) in [5, 5.41) is 9.62. The lowest BCUT2D eigenvalue weighted by Crippen LogP contribution is -2.01. The van der Waals surface area contributed by atoms with Crippen LogP contribution in [-0.2, 0) is 4.74 Å². The zero-order valence-electron chi connectivity index (χ0n) is 14.0.